The van der Waals surface area contributed by atoms with Crippen LogP contribution in [0.1, 0.15) is 38.5 Å². The second-order valence-electron chi connectivity index (χ2n) is 5.62. The topological polar surface area (TPSA) is 89.3 Å². The summed E-state index contributed by atoms with van der Waals surface area (Å²) in [7, 11) is 0. The first-order chi connectivity index (χ1) is 6.97. The summed E-state index contributed by atoms with van der Waals surface area (Å²) in [5.41, 5.74) is 10.6. The summed E-state index contributed by atoms with van der Waals surface area (Å²) in [6.45, 7) is 0. The van der Waals surface area contributed by atoms with Gasteiger partial charge in [0.2, 0.25) is 0 Å². The Bertz CT molecular complexity index is 231. The molecule has 4 aliphatic carbocycles. The van der Waals surface area contributed by atoms with Gasteiger partial charge in [-0.3, -0.25) is 0 Å². The van der Waals surface area contributed by atoms with Gasteiger partial charge in [-0.1, -0.05) is 0 Å². The maximum atomic E-state index is 8.78. The second kappa shape index (κ2) is 4.80. The number of primary amides is 1. The highest BCUT2D eigenvalue weighted by Crippen LogP contribution is 2.54. The predicted octanol–water partition coefficient (Wildman–Crippen LogP) is 1.96. The van der Waals surface area contributed by atoms with E-state index in [0.29, 0.717) is 5.54 Å². The van der Waals surface area contributed by atoms with Gasteiger partial charge < -0.3 is 16.6 Å². The number of halogens is 1. The van der Waals surface area contributed by atoms with E-state index in [4.69, 9.17) is 15.6 Å². The third kappa shape index (κ3) is 3.01. The Morgan fingerprint density at radius 3 is 1.50 bits per heavy atom. The molecule has 4 bridgehead atoms. The molecule has 16 heavy (non-hydrogen) atoms. The molecule has 0 heterocycles. The van der Waals surface area contributed by atoms with Crippen LogP contribution in [0.2, 0.25) is 0 Å². The first kappa shape index (κ1) is 13.6. The van der Waals surface area contributed by atoms with Gasteiger partial charge in [0.1, 0.15) is 0 Å². The Balaban J connectivity index is 0.000000228. The molecule has 0 aromatic rings. The van der Waals surface area contributed by atoms with Crippen LogP contribution in [-0.2, 0) is 0 Å². The van der Waals surface area contributed by atoms with Gasteiger partial charge in [-0.2, -0.15) is 0 Å². The lowest BCUT2D eigenvalue weighted by atomic mass is 9.53. The third-order valence-electron chi connectivity index (χ3n) is 4.09. The Morgan fingerprint density at radius 2 is 1.31 bits per heavy atom. The second-order valence-corrected chi connectivity index (χ2v) is 5.62. The van der Waals surface area contributed by atoms with Crippen LogP contribution in [0, 0.1) is 17.8 Å². The summed E-state index contributed by atoms with van der Waals surface area (Å²) >= 11 is 0. The van der Waals surface area contributed by atoms with E-state index < -0.39 is 6.09 Å². The highest BCUT2D eigenvalue weighted by atomic mass is 35.5. The van der Waals surface area contributed by atoms with Crippen LogP contribution < -0.4 is 11.5 Å². The van der Waals surface area contributed by atoms with E-state index in [2.05, 4.69) is 5.73 Å². The van der Waals surface area contributed by atoms with Gasteiger partial charge in [0.05, 0.1) is 0 Å². The standard InChI is InChI=1S/C10H17N.CH3NO2.ClH/c11-10-4-7-1-8(5-10)3-9(2-7)6-10;2-1(3)4;/h7-9H,1-6,11H2;2H2,(H,3,4);1H. The molecule has 0 unspecified atom stereocenters. The lowest BCUT2D eigenvalue weighted by Gasteiger charge is -2.55. The van der Waals surface area contributed by atoms with Crippen molar-refractivity contribution < 1.29 is 9.90 Å². The van der Waals surface area contributed by atoms with Crippen molar-refractivity contribution in [1.29, 1.82) is 0 Å². The quantitative estimate of drug-likeness (QED) is 0.612. The fourth-order valence-corrected chi connectivity index (χ4v) is 4.18. The van der Waals surface area contributed by atoms with Crippen LogP contribution in [-0.4, -0.2) is 16.7 Å². The van der Waals surface area contributed by atoms with Crippen molar-refractivity contribution in [3.8, 4) is 0 Å². The molecule has 4 fully saturated rings. The van der Waals surface area contributed by atoms with E-state index in [1.54, 1.807) is 0 Å². The zero-order valence-electron chi connectivity index (χ0n) is 9.39. The van der Waals surface area contributed by atoms with E-state index in [-0.39, 0.29) is 12.4 Å². The van der Waals surface area contributed by atoms with Gasteiger partial charge in [0.25, 0.3) is 0 Å². The monoisotopic (exact) mass is 248 g/mol. The van der Waals surface area contributed by atoms with Gasteiger partial charge in [0.15, 0.2) is 0 Å². The fourth-order valence-electron chi connectivity index (χ4n) is 4.18. The van der Waals surface area contributed by atoms with Crippen molar-refractivity contribution in [3.05, 3.63) is 0 Å². The molecular formula is C11H21ClN2O2. The van der Waals surface area contributed by atoms with Crippen molar-refractivity contribution in [1.82, 2.24) is 0 Å². The SMILES string of the molecule is Cl.NC(=O)O.NC12CC3CC(CC(C3)C1)C2. The zero-order valence-corrected chi connectivity index (χ0v) is 10.2. The summed E-state index contributed by atoms with van der Waals surface area (Å²) in [4.78, 5) is 8.78. The average molecular weight is 249 g/mol. The van der Waals surface area contributed by atoms with Crippen LogP contribution >= 0.6 is 12.4 Å². The number of hydrogen-bond donors (Lipinski definition) is 3. The van der Waals surface area contributed by atoms with E-state index in [9.17, 15) is 0 Å². The largest absolute Gasteiger partial charge is 0.465 e. The number of rotatable bonds is 0. The van der Waals surface area contributed by atoms with Crippen LogP contribution in [0.15, 0.2) is 0 Å². The van der Waals surface area contributed by atoms with Gasteiger partial charge in [-0.05, 0) is 56.3 Å². The predicted molar refractivity (Wildman–Crippen MR) is 64.6 cm³/mol. The van der Waals surface area contributed by atoms with Gasteiger partial charge in [-0.25, -0.2) is 4.79 Å². The fraction of sp³-hybridized carbons (Fsp3) is 0.909. The van der Waals surface area contributed by atoms with Crippen LogP contribution in [0.25, 0.3) is 0 Å². The van der Waals surface area contributed by atoms with Crippen LogP contribution in [0.4, 0.5) is 4.79 Å². The van der Waals surface area contributed by atoms with Gasteiger partial charge >= 0.3 is 6.09 Å². The summed E-state index contributed by atoms with van der Waals surface area (Å²) in [5, 5.41) is 7.19. The Hall–Kier alpha value is -0.480. The van der Waals surface area contributed by atoms with Gasteiger partial charge in [0, 0.05) is 5.54 Å². The molecule has 4 aliphatic rings. The van der Waals surface area contributed by atoms with Crippen molar-refractivity contribution in [2.24, 2.45) is 29.2 Å². The number of hydrogen-bond acceptors (Lipinski definition) is 2. The summed E-state index contributed by atoms with van der Waals surface area (Å²) in [5.74, 6) is 3.06. The lowest BCUT2D eigenvalue weighted by molar-refractivity contribution is 0.000364. The molecule has 4 nitrogen and oxygen atoms in total. The van der Waals surface area contributed by atoms with Crippen molar-refractivity contribution in [2.75, 3.05) is 0 Å². The molecular weight excluding hydrogens is 228 g/mol. The molecule has 0 aromatic heterocycles. The third-order valence-corrected chi connectivity index (χ3v) is 4.09. The number of nitrogens with two attached hydrogens (primary N) is 2. The molecule has 0 saturated heterocycles. The number of carbonyl (C=O) groups is 1. The van der Waals surface area contributed by atoms with Gasteiger partial charge in [-0.15, -0.1) is 12.4 Å². The molecule has 0 aliphatic heterocycles. The molecule has 0 spiro atoms. The van der Waals surface area contributed by atoms with Crippen molar-refractivity contribution in [2.45, 2.75) is 44.1 Å². The Labute approximate surface area is 102 Å². The molecule has 0 atom stereocenters. The first-order valence-corrected chi connectivity index (χ1v) is 5.74. The minimum atomic E-state index is -1.33. The molecule has 5 N–H and O–H groups in total. The normalized spacial score (nSPS) is 42.9. The smallest absolute Gasteiger partial charge is 0.402 e. The Morgan fingerprint density at radius 1 is 1.06 bits per heavy atom. The summed E-state index contributed by atoms with van der Waals surface area (Å²) in [6, 6.07) is 0. The van der Waals surface area contributed by atoms with E-state index >= 15 is 0 Å². The maximum absolute atomic E-state index is 8.78. The molecule has 4 saturated carbocycles. The number of amides is 1. The summed E-state index contributed by atoms with van der Waals surface area (Å²) < 4.78 is 0. The molecule has 1 amide bonds. The van der Waals surface area contributed by atoms with E-state index in [1.807, 2.05) is 0 Å². The first-order valence-electron chi connectivity index (χ1n) is 5.74. The highest BCUT2D eigenvalue weighted by Gasteiger charge is 2.48. The molecule has 94 valence electrons. The average Bonchev–Trinajstić information content (AvgIpc) is 1.96. The maximum Gasteiger partial charge on any atom is 0.402 e. The molecule has 0 aromatic carbocycles. The minimum absolute atomic E-state index is 0. The van der Waals surface area contributed by atoms with E-state index in [1.165, 1.54) is 38.5 Å². The number of carboxylic acid groups (broad SMARTS) is 1. The van der Waals surface area contributed by atoms with Crippen LogP contribution in [0.3, 0.4) is 0 Å². The highest BCUT2D eigenvalue weighted by molar-refractivity contribution is 5.85. The van der Waals surface area contributed by atoms with Crippen LogP contribution in [0.5, 0.6) is 0 Å². The minimum Gasteiger partial charge on any atom is -0.465 e. The molecule has 0 radical (unpaired) electrons. The van der Waals surface area contributed by atoms with Crippen molar-refractivity contribution >= 4 is 18.5 Å². The summed E-state index contributed by atoms with van der Waals surface area (Å²) in [6.07, 6.45) is 7.24. The van der Waals surface area contributed by atoms with Crippen molar-refractivity contribution in [3.63, 3.8) is 0 Å². The molecule has 5 heteroatoms. The Kier molecular flexibility index (Phi) is 4.07. The zero-order chi connectivity index (χ0) is 11.1. The lowest BCUT2D eigenvalue weighted by Crippen LogP contribution is -2.55. The van der Waals surface area contributed by atoms with E-state index in [0.717, 1.165) is 17.8 Å². The molecule has 4 rings (SSSR count).